The monoisotopic (exact) mass is 694 g/mol. The lowest BCUT2D eigenvalue weighted by Gasteiger charge is -2.37. The average Bonchev–Trinajstić information content (AvgIpc) is 3.15. The summed E-state index contributed by atoms with van der Waals surface area (Å²) in [4.78, 5) is 27.4. The van der Waals surface area contributed by atoms with E-state index in [4.69, 9.17) is 28.4 Å². The molecule has 0 saturated carbocycles. The fraction of sp³-hybridized carbons (Fsp3) is 0.227. The highest BCUT2D eigenvalue weighted by Crippen LogP contribution is 2.46. The molecule has 8 rings (SSSR count). The summed E-state index contributed by atoms with van der Waals surface area (Å²) in [7, 11) is 0. The highest BCUT2D eigenvalue weighted by Gasteiger charge is 2.35. The normalized spacial score (nSPS) is 15.7. The molecule has 8 nitrogen and oxygen atoms in total. The predicted octanol–water partition coefficient (Wildman–Crippen LogP) is 8.93. The molecule has 52 heavy (non-hydrogen) atoms. The molecule has 0 N–H and O–H groups in total. The van der Waals surface area contributed by atoms with Gasteiger partial charge in [0.25, 0.3) is 0 Å². The van der Waals surface area contributed by atoms with Crippen LogP contribution >= 0.6 is 0 Å². The van der Waals surface area contributed by atoms with Crippen molar-refractivity contribution >= 4 is 33.5 Å². The molecule has 0 unspecified atom stereocenters. The van der Waals surface area contributed by atoms with Crippen molar-refractivity contribution in [1.82, 2.24) is 0 Å². The van der Waals surface area contributed by atoms with E-state index in [0.717, 1.165) is 21.5 Å². The van der Waals surface area contributed by atoms with Crippen molar-refractivity contribution in [3.8, 4) is 34.1 Å². The molecule has 0 atom stereocenters. The Hall–Kier alpha value is -5.70. The third kappa shape index (κ3) is 6.83. The van der Waals surface area contributed by atoms with Crippen LogP contribution in [0, 0.1) is 10.8 Å². The van der Waals surface area contributed by atoms with Crippen molar-refractivity contribution in [3.63, 3.8) is 0 Å². The van der Waals surface area contributed by atoms with Crippen LogP contribution in [0.1, 0.15) is 34.6 Å². The molecule has 0 aromatic heterocycles. The van der Waals surface area contributed by atoms with Crippen LogP contribution in [-0.4, -0.2) is 51.6 Å². The maximum absolute atomic E-state index is 13.7. The molecule has 2 fully saturated rings. The van der Waals surface area contributed by atoms with Gasteiger partial charge in [0.1, 0.15) is 23.0 Å². The number of carbonyl (C=O) groups is 2. The standard InChI is InChI=1S/C44H38O8/c1-43(23-47-24-43)27-49-33-17-11-31(12-18-33)41(45)51-37-21-15-29-7-3-5-9-35(29)39(37)40-36-10-6-4-8-30(36)16-22-38(40)52-42(46)32-13-19-34(20-14-32)50-28-44(2)25-48-26-44/h3-22H,23-28H2,1-2H3. The molecule has 6 aromatic carbocycles. The predicted molar refractivity (Wildman–Crippen MR) is 199 cm³/mol. The van der Waals surface area contributed by atoms with Gasteiger partial charge in [-0.05, 0) is 82.2 Å². The molecule has 0 radical (unpaired) electrons. The lowest BCUT2D eigenvalue weighted by atomic mass is 9.90. The quantitative estimate of drug-likeness (QED) is 0.0982. The number of rotatable bonds is 11. The van der Waals surface area contributed by atoms with Gasteiger partial charge in [-0.2, -0.15) is 0 Å². The summed E-state index contributed by atoms with van der Waals surface area (Å²) in [6.07, 6.45) is 0. The fourth-order valence-corrected chi connectivity index (χ4v) is 6.46. The summed E-state index contributed by atoms with van der Waals surface area (Å²) < 4.78 is 34.9. The van der Waals surface area contributed by atoms with Gasteiger partial charge in [0.2, 0.25) is 0 Å². The van der Waals surface area contributed by atoms with E-state index in [1.807, 2.05) is 60.7 Å². The van der Waals surface area contributed by atoms with Gasteiger partial charge < -0.3 is 28.4 Å². The zero-order valence-electron chi connectivity index (χ0n) is 29.1. The minimum absolute atomic E-state index is 0.00232. The van der Waals surface area contributed by atoms with Crippen molar-refractivity contribution in [1.29, 1.82) is 0 Å². The number of fused-ring (bicyclic) bond motifs is 2. The lowest BCUT2D eigenvalue weighted by molar-refractivity contribution is -0.120. The van der Waals surface area contributed by atoms with Crippen LogP contribution in [0.5, 0.6) is 23.0 Å². The Labute approximate surface area is 301 Å². The van der Waals surface area contributed by atoms with E-state index < -0.39 is 11.9 Å². The second-order valence-corrected chi connectivity index (χ2v) is 14.3. The highest BCUT2D eigenvalue weighted by molar-refractivity contribution is 6.11. The summed E-state index contributed by atoms with van der Waals surface area (Å²) in [5.74, 6) is 0.951. The minimum Gasteiger partial charge on any atom is -0.493 e. The molecule has 0 spiro atoms. The first kappa shape index (κ1) is 33.4. The first-order chi connectivity index (χ1) is 25.3. The molecule has 262 valence electrons. The van der Waals surface area contributed by atoms with E-state index in [1.54, 1.807) is 60.7 Å². The average molecular weight is 695 g/mol. The number of ether oxygens (including phenoxy) is 6. The smallest absolute Gasteiger partial charge is 0.343 e. The summed E-state index contributed by atoms with van der Waals surface area (Å²) in [5, 5.41) is 3.55. The summed E-state index contributed by atoms with van der Waals surface area (Å²) in [6.45, 7) is 7.97. The molecule has 0 bridgehead atoms. The second kappa shape index (κ2) is 13.8. The Morgan fingerprint density at radius 2 is 0.904 bits per heavy atom. The van der Waals surface area contributed by atoms with Gasteiger partial charge >= 0.3 is 11.9 Å². The maximum Gasteiger partial charge on any atom is 0.343 e. The van der Waals surface area contributed by atoms with Crippen LogP contribution in [0.4, 0.5) is 0 Å². The van der Waals surface area contributed by atoms with Crippen LogP contribution in [0.15, 0.2) is 121 Å². The molecule has 6 aromatic rings. The lowest BCUT2D eigenvalue weighted by Crippen LogP contribution is -2.44. The van der Waals surface area contributed by atoms with Gasteiger partial charge in [-0.25, -0.2) is 9.59 Å². The third-order valence-electron chi connectivity index (χ3n) is 9.59. The number of hydrogen-bond donors (Lipinski definition) is 0. The van der Waals surface area contributed by atoms with E-state index in [-0.39, 0.29) is 10.8 Å². The van der Waals surface area contributed by atoms with Crippen LogP contribution in [0.2, 0.25) is 0 Å². The van der Waals surface area contributed by atoms with Gasteiger partial charge in [-0.15, -0.1) is 0 Å². The Kier molecular flexibility index (Phi) is 8.87. The van der Waals surface area contributed by atoms with Gasteiger partial charge in [0.15, 0.2) is 0 Å². The van der Waals surface area contributed by atoms with Crippen molar-refractivity contribution in [2.75, 3.05) is 39.6 Å². The number of benzene rings is 6. The SMILES string of the molecule is CC1(COc2ccc(C(=O)Oc3ccc4ccccc4c3-c3c(OC(=O)c4ccc(OCC5(C)COC5)cc4)ccc4ccccc34)cc2)COC1. The van der Waals surface area contributed by atoms with Crippen molar-refractivity contribution in [2.24, 2.45) is 10.8 Å². The van der Waals surface area contributed by atoms with Crippen LogP contribution < -0.4 is 18.9 Å². The molecular formula is C44H38O8. The van der Waals surface area contributed by atoms with E-state index in [9.17, 15) is 9.59 Å². The summed E-state index contributed by atoms with van der Waals surface area (Å²) in [5.41, 5.74) is 2.02. The molecule has 0 aliphatic carbocycles. The largest absolute Gasteiger partial charge is 0.493 e. The van der Waals surface area contributed by atoms with Crippen LogP contribution in [-0.2, 0) is 9.47 Å². The molecule has 0 amide bonds. The van der Waals surface area contributed by atoms with Gasteiger partial charge in [-0.3, -0.25) is 0 Å². The second-order valence-electron chi connectivity index (χ2n) is 14.3. The molecular weight excluding hydrogens is 656 g/mol. The number of carbonyl (C=O) groups excluding carboxylic acids is 2. The molecule has 2 saturated heterocycles. The first-order valence-electron chi connectivity index (χ1n) is 17.4. The van der Waals surface area contributed by atoms with Crippen LogP contribution in [0.3, 0.4) is 0 Å². The molecule has 2 heterocycles. The molecule has 8 heteroatoms. The van der Waals surface area contributed by atoms with Crippen molar-refractivity contribution in [2.45, 2.75) is 13.8 Å². The Morgan fingerprint density at radius 3 is 1.27 bits per heavy atom. The van der Waals surface area contributed by atoms with Crippen LogP contribution in [0.25, 0.3) is 32.7 Å². The van der Waals surface area contributed by atoms with Gasteiger partial charge in [0, 0.05) is 22.0 Å². The zero-order valence-corrected chi connectivity index (χ0v) is 29.1. The van der Waals surface area contributed by atoms with E-state index >= 15 is 0 Å². The minimum atomic E-state index is -0.526. The van der Waals surface area contributed by atoms with E-state index in [2.05, 4.69) is 13.8 Å². The molecule has 2 aliphatic rings. The van der Waals surface area contributed by atoms with Crippen molar-refractivity contribution in [3.05, 3.63) is 132 Å². The van der Waals surface area contributed by atoms with Gasteiger partial charge in [0.05, 0.1) is 50.8 Å². The first-order valence-corrected chi connectivity index (χ1v) is 17.4. The number of hydrogen-bond acceptors (Lipinski definition) is 8. The Bertz CT molecular complexity index is 2100. The third-order valence-corrected chi connectivity index (χ3v) is 9.59. The van der Waals surface area contributed by atoms with E-state index in [0.29, 0.717) is 84.9 Å². The van der Waals surface area contributed by atoms with E-state index in [1.165, 1.54) is 0 Å². The van der Waals surface area contributed by atoms with Crippen molar-refractivity contribution < 1.29 is 38.0 Å². The highest BCUT2D eigenvalue weighted by atomic mass is 16.5. The Balaban J connectivity index is 1.11. The number of esters is 2. The fourth-order valence-electron chi connectivity index (χ4n) is 6.46. The summed E-state index contributed by atoms with van der Waals surface area (Å²) in [6, 6.07) is 37.0. The maximum atomic E-state index is 13.7. The molecule has 2 aliphatic heterocycles. The topological polar surface area (TPSA) is 89.5 Å². The summed E-state index contributed by atoms with van der Waals surface area (Å²) >= 11 is 0. The zero-order chi connectivity index (χ0) is 35.7. The van der Waals surface area contributed by atoms with Gasteiger partial charge in [-0.1, -0.05) is 74.5 Å². The Morgan fingerprint density at radius 1 is 0.519 bits per heavy atom.